The van der Waals surface area contributed by atoms with Crippen LogP contribution in [0.15, 0.2) is 0 Å². The molecular weight excluding hydrogens is 234 g/mol. The highest BCUT2D eigenvalue weighted by molar-refractivity contribution is 5.67. The Morgan fingerprint density at radius 1 is 1.50 bits per heavy atom. The minimum absolute atomic E-state index is 0.0274. The van der Waals surface area contributed by atoms with Gasteiger partial charge in [0.15, 0.2) is 0 Å². The maximum atomic E-state index is 11.5. The molecule has 0 aromatic heterocycles. The second-order valence-corrected chi connectivity index (χ2v) is 5.46. The van der Waals surface area contributed by atoms with E-state index in [1.165, 1.54) is 0 Å². The molecule has 0 radical (unpaired) electrons. The van der Waals surface area contributed by atoms with Crippen molar-refractivity contribution >= 4 is 6.09 Å². The lowest BCUT2D eigenvalue weighted by atomic mass is 10.2. The number of rotatable bonds is 4. The third-order valence-corrected chi connectivity index (χ3v) is 2.48. The standard InChI is InChI=1S/C12H25N3O3/c1-12(2,3)18-11(16)14-7-10-8-15(9-13-4)5-6-17-10/h10,13H,5-9H2,1-4H3,(H,14,16). The zero-order chi connectivity index (χ0) is 13.6. The van der Waals surface area contributed by atoms with Gasteiger partial charge in [0.25, 0.3) is 0 Å². The molecule has 1 heterocycles. The van der Waals surface area contributed by atoms with E-state index in [2.05, 4.69) is 15.5 Å². The van der Waals surface area contributed by atoms with Gasteiger partial charge in [0.2, 0.25) is 0 Å². The molecule has 1 rings (SSSR count). The van der Waals surface area contributed by atoms with Crippen molar-refractivity contribution in [1.82, 2.24) is 15.5 Å². The smallest absolute Gasteiger partial charge is 0.407 e. The van der Waals surface area contributed by atoms with Gasteiger partial charge >= 0.3 is 6.09 Å². The van der Waals surface area contributed by atoms with Crippen LogP contribution in [0.4, 0.5) is 4.79 Å². The van der Waals surface area contributed by atoms with Gasteiger partial charge in [-0.2, -0.15) is 0 Å². The Labute approximate surface area is 109 Å². The Kier molecular flexibility index (Phi) is 5.84. The number of nitrogens with one attached hydrogen (secondary N) is 2. The molecule has 0 spiro atoms. The molecule has 0 saturated carbocycles. The maximum absolute atomic E-state index is 11.5. The number of carbonyl (C=O) groups excluding carboxylic acids is 1. The lowest BCUT2D eigenvalue weighted by Gasteiger charge is -2.32. The van der Waals surface area contributed by atoms with Crippen LogP contribution in [0.5, 0.6) is 0 Å². The van der Waals surface area contributed by atoms with E-state index in [0.717, 1.165) is 19.8 Å². The molecule has 6 nitrogen and oxygen atoms in total. The third-order valence-electron chi connectivity index (χ3n) is 2.48. The molecule has 1 saturated heterocycles. The van der Waals surface area contributed by atoms with Gasteiger partial charge < -0.3 is 20.1 Å². The minimum Gasteiger partial charge on any atom is -0.444 e. The third kappa shape index (κ3) is 6.18. The number of alkyl carbamates (subject to hydrolysis) is 1. The molecule has 1 aliphatic heterocycles. The van der Waals surface area contributed by atoms with Crippen LogP contribution in [0.2, 0.25) is 0 Å². The first-order chi connectivity index (χ1) is 8.40. The molecule has 6 heteroatoms. The summed E-state index contributed by atoms with van der Waals surface area (Å²) in [6.45, 7) is 9.29. The molecule has 1 aliphatic rings. The Bertz CT molecular complexity index is 264. The highest BCUT2D eigenvalue weighted by Gasteiger charge is 2.22. The summed E-state index contributed by atoms with van der Waals surface area (Å²) in [5, 5.41) is 5.85. The minimum atomic E-state index is -0.463. The van der Waals surface area contributed by atoms with Crippen LogP contribution in [0, 0.1) is 0 Å². The molecule has 106 valence electrons. The predicted octanol–water partition coefficient (Wildman–Crippen LogP) is 0.389. The highest BCUT2D eigenvalue weighted by Crippen LogP contribution is 2.07. The molecule has 0 aromatic carbocycles. The summed E-state index contributed by atoms with van der Waals surface area (Å²) < 4.78 is 10.8. The first-order valence-corrected chi connectivity index (χ1v) is 6.36. The Balaban J connectivity index is 2.24. The van der Waals surface area contributed by atoms with Crippen LogP contribution < -0.4 is 10.6 Å². The van der Waals surface area contributed by atoms with E-state index in [0.29, 0.717) is 13.2 Å². The molecule has 0 aliphatic carbocycles. The van der Waals surface area contributed by atoms with Crippen LogP contribution in [0.25, 0.3) is 0 Å². The van der Waals surface area contributed by atoms with Gasteiger partial charge in [0.05, 0.1) is 12.7 Å². The molecule has 18 heavy (non-hydrogen) atoms. The molecule has 1 amide bonds. The molecule has 0 bridgehead atoms. The summed E-state index contributed by atoms with van der Waals surface area (Å²) in [6, 6.07) is 0. The lowest BCUT2D eigenvalue weighted by molar-refractivity contribution is -0.0302. The Hall–Kier alpha value is -0.850. The SMILES string of the molecule is CNCN1CCOC(CNC(=O)OC(C)(C)C)C1. The number of morpholine rings is 1. The summed E-state index contributed by atoms with van der Waals surface area (Å²) in [4.78, 5) is 13.7. The van der Waals surface area contributed by atoms with Gasteiger partial charge in [-0.05, 0) is 27.8 Å². The van der Waals surface area contributed by atoms with Crippen molar-refractivity contribution in [2.45, 2.75) is 32.5 Å². The predicted molar refractivity (Wildman–Crippen MR) is 69.5 cm³/mol. The van der Waals surface area contributed by atoms with Gasteiger partial charge in [-0.3, -0.25) is 4.90 Å². The van der Waals surface area contributed by atoms with Crippen molar-refractivity contribution in [2.75, 3.05) is 40.0 Å². The highest BCUT2D eigenvalue weighted by atomic mass is 16.6. The quantitative estimate of drug-likeness (QED) is 0.764. The average Bonchev–Trinajstić information content (AvgIpc) is 2.25. The second kappa shape index (κ2) is 6.92. The maximum Gasteiger partial charge on any atom is 0.407 e. The van der Waals surface area contributed by atoms with Crippen molar-refractivity contribution < 1.29 is 14.3 Å². The number of amides is 1. The van der Waals surface area contributed by atoms with Crippen molar-refractivity contribution in [3.05, 3.63) is 0 Å². The fourth-order valence-electron chi connectivity index (χ4n) is 1.78. The summed E-state index contributed by atoms with van der Waals surface area (Å²) >= 11 is 0. The van der Waals surface area contributed by atoms with E-state index in [-0.39, 0.29) is 6.10 Å². The van der Waals surface area contributed by atoms with Crippen molar-refractivity contribution in [3.8, 4) is 0 Å². The van der Waals surface area contributed by atoms with Gasteiger partial charge in [-0.25, -0.2) is 4.79 Å². The average molecular weight is 259 g/mol. The normalized spacial score (nSPS) is 21.7. The first kappa shape index (κ1) is 15.2. The van der Waals surface area contributed by atoms with Crippen LogP contribution in [-0.4, -0.2) is 62.7 Å². The van der Waals surface area contributed by atoms with Crippen LogP contribution in [0.1, 0.15) is 20.8 Å². The fourth-order valence-corrected chi connectivity index (χ4v) is 1.78. The molecule has 1 unspecified atom stereocenters. The summed E-state index contributed by atoms with van der Waals surface area (Å²) in [6.07, 6.45) is -0.364. The summed E-state index contributed by atoms with van der Waals surface area (Å²) in [7, 11) is 1.92. The van der Waals surface area contributed by atoms with Gasteiger partial charge in [0, 0.05) is 26.3 Å². The monoisotopic (exact) mass is 259 g/mol. The second-order valence-electron chi connectivity index (χ2n) is 5.46. The number of carbonyl (C=O) groups is 1. The number of nitrogens with zero attached hydrogens (tertiary/aromatic N) is 1. The van der Waals surface area contributed by atoms with Gasteiger partial charge in [-0.1, -0.05) is 0 Å². The van der Waals surface area contributed by atoms with Crippen LogP contribution in [0.3, 0.4) is 0 Å². The molecule has 1 fully saturated rings. The van der Waals surface area contributed by atoms with E-state index >= 15 is 0 Å². The molecule has 0 aromatic rings. The van der Waals surface area contributed by atoms with E-state index in [1.54, 1.807) is 0 Å². The Morgan fingerprint density at radius 2 is 2.22 bits per heavy atom. The lowest BCUT2D eigenvalue weighted by Crippen LogP contribution is -2.50. The van der Waals surface area contributed by atoms with Gasteiger partial charge in [0.1, 0.15) is 5.60 Å². The molecule has 2 N–H and O–H groups in total. The Morgan fingerprint density at radius 3 is 2.83 bits per heavy atom. The van der Waals surface area contributed by atoms with Crippen LogP contribution in [-0.2, 0) is 9.47 Å². The van der Waals surface area contributed by atoms with Crippen molar-refractivity contribution in [2.24, 2.45) is 0 Å². The van der Waals surface area contributed by atoms with E-state index in [9.17, 15) is 4.79 Å². The topological polar surface area (TPSA) is 62.8 Å². The number of hydrogen-bond acceptors (Lipinski definition) is 5. The number of ether oxygens (including phenoxy) is 2. The van der Waals surface area contributed by atoms with Crippen molar-refractivity contribution in [1.29, 1.82) is 0 Å². The zero-order valence-corrected chi connectivity index (χ0v) is 11.8. The summed E-state index contributed by atoms with van der Waals surface area (Å²) in [5.74, 6) is 0. The molecule has 1 atom stereocenters. The van der Waals surface area contributed by atoms with Crippen molar-refractivity contribution in [3.63, 3.8) is 0 Å². The van der Waals surface area contributed by atoms with E-state index in [4.69, 9.17) is 9.47 Å². The fraction of sp³-hybridized carbons (Fsp3) is 0.917. The summed E-state index contributed by atoms with van der Waals surface area (Å²) in [5.41, 5.74) is -0.463. The zero-order valence-electron chi connectivity index (χ0n) is 11.8. The number of hydrogen-bond donors (Lipinski definition) is 2. The van der Waals surface area contributed by atoms with E-state index < -0.39 is 11.7 Å². The van der Waals surface area contributed by atoms with Gasteiger partial charge in [-0.15, -0.1) is 0 Å². The van der Waals surface area contributed by atoms with E-state index in [1.807, 2.05) is 27.8 Å². The first-order valence-electron chi connectivity index (χ1n) is 6.36. The molecular formula is C12H25N3O3. The van der Waals surface area contributed by atoms with Crippen LogP contribution >= 0.6 is 0 Å². The largest absolute Gasteiger partial charge is 0.444 e.